The van der Waals surface area contributed by atoms with E-state index in [4.69, 9.17) is 56.6 Å². The van der Waals surface area contributed by atoms with Gasteiger partial charge in [-0.15, -0.1) is 0 Å². The predicted molar refractivity (Wildman–Crippen MR) is 315 cm³/mol. The Bertz CT molecular complexity index is 3370. The SMILES string of the molecule is C=CC(=O)N1CCN(c2nc(NCCOCCOCCOCCOCCOCCOCCc3cc(Cl)cc(NC(=O)NCc4ccc5c(c4)CN(C4CCC(=O)NC4=O)C5=O)c3)nc3c(F)c(-c4cc(O)cc5ccccc45)c(Cl)cc23)CC1. The highest BCUT2D eigenvalue weighted by atomic mass is 35.5. The number of piperazine rings is 1. The smallest absolute Gasteiger partial charge is 0.319 e. The van der Waals surface area contributed by atoms with E-state index in [0.717, 1.165) is 22.1 Å². The van der Waals surface area contributed by atoms with Crippen molar-refractivity contribution in [2.75, 3.05) is 128 Å². The fraction of sp³-hybridized carbons (Fsp3) is 0.383. The van der Waals surface area contributed by atoms with Gasteiger partial charge in [-0.3, -0.25) is 24.5 Å². The molecule has 2 fully saturated rings. The Labute approximate surface area is 494 Å². The molecule has 5 N–H and O–H groups in total. The lowest BCUT2D eigenvalue weighted by atomic mass is 9.96. The van der Waals surface area contributed by atoms with E-state index >= 15 is 4.39 Å². The Morgan fingerprint density at radius 3 is 2.13 bits per heavy atom. The lowest BCUT2D eigenvalue weighted by molar-refractivity contribution is -0.137. The van der Waals surface area contributed by atoms with Gasteiger partial charge in [-0.25, -0.2) is 14.2 Å². The number of carbonyl (C=O) groups is 5. The number of hydrogen-bond donors (Lipinski definition) is 5. The number of anilines is 3. The fourth-order valence-corrected chi connectivity index (χ4v) is 10.7. The van der Waals surface area contributed by atoms with E-state index in [9.17, 15) is 29.1 Å². The molecule has 444 valence electrons. The van der Waals surface area contributed by atoms with Crippen LogP contribution >= 0.6 is 23.2 Å². The Morgan fingerprint density at radius 2 is 1.44 bits per heavy atom. The molecule has 1 unspecified atom stereocenters. The number of aromatic hydroxyl groups is 1. The number of ether oxygens (including phenoxy) is 6. The first-order valence-corrected chi connectivity index (χ1v) is 28.5. The number of benzene rings is 5. The molecule has 21 nitrogen and oxygen atoms in total. The summed E-state index contributed by atoms with van der Waals surface area (Å²) >= 11 is 13.2. The van der Waals surface area contributed by atoms with Gasteiger partial charge in [0.15, 0.2) is 5.82 Å². The van der Waals surface area contributed by atoms with Crippen molar-refractivity contribution in [2.45, 2.75) is 38.4 Å². The monoisotopic (exact) mass is 1190 g/mol. The van der Waals surface area contributed by atoms with E-state index in [1.54, 1.807) is 35.2 Å². The molecule has 0 spiro atoms. The zero-order valence-corrected chi connectivity index (χ0v) is 47.7. The second-order valence-electron chi connectivity index (χ2n) is 19.9. The van der Waals surface area contributed by atoms with Crippen LogP contribution in [0.4, 0.5) is 26.6 Å². The van der Waals surface area contributed by atoms with Crippen LogP contribution in [0.5, 0.6) is 5.75 Å². The standard InChI is InChI=1S/C60H66Cl2FN9O12/c1-2-52(75)70-13-15-71(16-14-70)56-48-35-49(62)53(47-34-44(73)32-40-5-3-4-6-45(40)47)54(63)55(48)68-59(69-56)64-12-18-80-20-22-82-24-26-84-28-27-83-25-23-81-21-19-79-17-11-38-30-42(61)33-43(31-38)66-60(78)65-36-39-7-8-46-41(29-39)37-72(58(46)77)50-9-10-51(74)67-57(50)76/h2-8,29-35,50,73H,1,9-28,36-37H2,(H,64,68,69)(H2,65,66,78)(H,67,74,76). The molecule has 4 heterocycles. The molecule has 0 aliphatic carbocycles. The Kier molecular flexibility index (Phi) is 21.7. The van der Waals surface area contributed by atoms with Crippen molar-refractivity contribution in [2.24, 2.45) is 0 Å². The summed E-state index contributed by atoms with van der Waals surface area (Å²) in [6.45, 7) is 10.6. The molecule has 0 saturated carbocycles. The second kappa shape index (κ2) is 29.8. The highest BCUT2D eigenvalue weighted by Gasteiger charge is 2.39. The van der Waals surface area contributed by atoms with Gasteiger partial charge in [0.2, 0.25) is 23.7 Å². The molecule has 1 atom stereocenters. The highest BCUT2D eigenvalue weighted by molar-refractivity contribution is 6.35. The molecule has 0 bridgehead atoms. The van der Waals surface area contributed by atoms with Crippen LogP contribution in [0.2, 0.25) is 10.0 Å². The van der Waals surface area contributed by atoms with Crippen LogP contribution in [0.25, 0.3) is 32.8 Å². The molecule has 6 amide bonds. The minimum absolute atomic E-state index is 0.0282. The molecular formula is C60H66Cl2FN9O12. The first kappa shape index (κ1) is 61.0. The van der Waals surface area contributed by atoms with Crippen LogP contribution < -0.4 is 26.2 Å². The van der Waals surface area contributed by atoms with Crippen LogP contribution in [0, 0.1) is 5.82 Å². The zero-order chi connectivity index (χ0) is 59.0. The third kappa shape index (κ3) is 16.0. The molecule has 6 aromatic rings. The maximum absolute atomic E-state index is 16.9. The fourth-order valence-electron chi connectivity index (χ4n) is 10.1. The molecule has 2 saturated heterocycles. The van der Waals surface area contributed by atoms with Gasteiger partial charge < -0.3 is 64.2 Å². The quantitative estimate of drug-likeness (QED) is 0.0176. The number of phenols is 1. The minimum atomic E-state index is -0.699. The summed E-state index contributed by atoms with van der Waals surface area (Å²) in [5.74, 6) is -1.26. The summed E-state index contributed by atoms with van der Waals surface area (Å²) in [7, 11) is 0. The molecule has 3 aliphatic rings. The van der Waals surface area contributed by atoms with E-state index < -0.39 is 23.8 Å². The van der Waals surface area contributed by atoms with Crippen LogP contribution in [0.15, 0.2) is 91.5 Å². The zero-order valence-electron chi connectivity index (χ0n) is 46.2. The van der Waals surface area contributed by atoms with E-state index in [0.29, 0.717) is 150 Å². The average molecular weight is 1200 g/mol. The molecular weight excluding hydrogens is 1130 g/mol. The van der Waals surface area contributed by atoms with Gasteiger partial charge in [0.25, 0.3) is 5.91 Å². The number of amides is 6. The summed E-state index contributed by atoms with van der Waals surface area (Å²) in [4.78, 5) is 76.7. The number of phenolic OH excluding ortho intramolecular Hbond substituents is 1. The van der Waals surface area contributed by atoms with Crippen molar-refractivity contribution in [3.05, 3.63) is 130 Å². The largest absolute Gasteiger partial charge is 0.508 e. The van der Waals surface area contributed by atoms with Gasteiger partial charge in [-0.2, -0.15) is 4.98 Å². The number of hydrogen-bond acceptors (Lipinski definition) is 16. The summed E-state index contributed by atoms with van der Waals surface area (Å²) in [5, 5.41) is 24.2. The van der Waals surface area contributed by atoms with Crippen molar-refractivity contribution >= 4 is 92.0 Å². The van der Waals surface area contributed by atoms with Crippen molar-refractivity contribution < 1.29 is 61.9 Å². The van der Waals surface area contributed by atoms with Gasteiger partial charge >= 0.3 is 6.03 Å². The molecule has 3 aliphatic heterocycles. The summed E-state index contributed by atoms with van der Waals surface area (Å²) in [5.41, 5.74) is 4.01. The summed E-state index contributed by atoms with van der Waals surface area (Å²) in [6, 6.07) is 21.6. The number of piperidine rings is 1. The lowest BCUT2D eigenvalue weighted by Crippen LogP contribution is -2.52. The van der Waals surface area contributed by atoms with E-state index in [2.05, 4.69) is 32.8 Å². The maximum atomic E-state index is 16.9. The Balaban J connectivity index is 0.600. The second-order valence-corrected chi connectivity index (χ2v) is 20.8. The molecule has 1 aromatic heterocycles. The number of nitrogens with one attached hydrogen (secondary N) is 4. The highest BCUT2D eigenvalue weighted by Crippen LogP contribution is 2.42. The van der Waals surface area contributed by atoms with Gasteiger partial charge in [0.1, 0.15) is 23.1 Å². The van der Waals surface area contributed by atoms with Gasteiger partial charge in [0, 0.05) is 79.5 Å². The summed E-state index contributed by atoms with van der Waals surface area (Å²) in [6.07, 6.45) is 2.31. The first-order chi connectivity index (χ1) is 40.8. The van der Waals surface area contributed by atoms with Crippen LogP contribution in [-0.4, -0.2) is 173 Å². The van der Waals surface area contributed by atoms with E-state index in [-0.39, 0.29) is 78.1 Å². The van der Waals surface area contributed by atoms with Crippen LogP contribution in [0.1, 0.15) is 39.9 Å². The van der Waals surface area contributed by atoms with Crippen molar-refractivity contribution in [1.29, 1.82) is 0 Å². The van der Waals surface area contributed by atoms with E-state index in [1.807, 2.05) is 47.4 Å². The first-order valence-electron chi connectivity index (χ1n) is 27.7. The number of aromatic nitrogens is 2. The normalized spacial score (nSPS) is 15.2. The third-order valence-corrected chi connectivity index (χ3v) is 14.7. The number of fused-ring (bicyclic) bond motifs is 3. The Morgan fingerprint density at radius 1 is 0.762 bits per heavy atom. The molecule has 5 aromatic carbocycles. The number of carbonyl (C=O) groups excluding carboxylic acids is 5. The molecule has 0 radical (unpaired) electrons. The minimum Gasteiger partial charge on any atom is -0.508 e. The van der Waals surface area contributed by atoms with Crippen LogP contribution in [0.3, 0.4) is 0 Å². The topological polar surface area (TPSA) is 245 Å². The van der Waals surface area contributed by atoms with Crippen molar-refractivity contribution in [3.8, 4) is 16.9 Å². The molecule has 84 heavy (non-hydrogen) atoms. The Hall–Kier alpha value is -7.54. The summed E-state index contributed by atoms with van der Waals surface area (Å²) < 4.78 is 50.9. The molecule has 24 heteroatoms. The number of imide groups is 1. The van der Waals surface area contributed by atoms with E-state index in [1.165, 1.54) is 17.0 Å². The van der Waals surface area contributed by atoms with Crippen molar-refractivity contribution in [3.63, 3.8) is 0 Å². The molecule has 9 rings (SSSR count). The van der Waals surface area contributed by atoms with Gasteiger partial charge in [-0.1, -0.05) is 66.2 Å². The average Bonchev–Trinajstić information content (AvgIpc) is 3.08. The number of nitrogens with zero attached hydrogens (tertiary/aromatic N) is 5. The maximum Gasteiger partial charge on any atom is 0.319 e. The number of rotatable bonds is 29. The third-order valence-electron chi connectivity index (χ3n) is 14.2. The number of halogens is 3. The lowest BCUT2D eigenvalue weighted by Gasteiger charge is -2.35. The number of urea groups is 1. The predicted octanol–water partition coefficient (Wildman–Crippen LogP) is 7.27. The van der Waals surface area contributed by atoms with Gasteiger partial charge in [0.05, 0.1) is 84.3 Å². The van der Waals surface area contributed by atoms with Gasteiger partial charge in [-0.05, 0) is 94.4 Å². The van der Waals surface area contributed by atoms with Crippen molar-refractivity contribution in [1.82, 2.24) is 30.4 Å². The van der Waals surface area contributed by atoms with Crippen LogP contribution in [-0.2, 0) is 62.3 Å².